The Kier molecular flexibility index (Phi) is 6.25. The maximum atomic E-state index is 13.4. The quantitative estimate of drug-likeness (QED) is 0.520. The fraction of sp³-hybridized carbons (Fsp3) is 0.385. The molecule has 0 unspecified atom stereocenters. The topological polar surface area (TPSA) is 73.8 Å². The summed E-state index contributed by atoms with van der Waals surface area (Å²) in [4.78, 5) is 17.1. The van der Waals surface area contributed by atoms with Crippen LogP contribution in [0, 0.1) is 31.0 Å². The van der Waals surface area contributed by atoms with Crippen LogP contribution >= 0.6 is 11.8 Å². The number of carbonyl (C=O) groups is 1. The maximum absolute atomic E-state index is 13.4. The molecule has 1 aromatic heterocycles. The summed E-state index contributed by atoms with van der Waals surface area (Å²) in [6.45, 7) is 3.91. The molecule has 0 saturated heterocycles. The minimum atomic E-state index is -0.418. The Hall–Kier alpha value is -3.00. The van der Waals surface area contributed by atoms with Crippen molar-refractivity contribution < 1.29 is 9.18 Å². The van der Waals surface area contributed by atoms with Crippen molar-refractivity contribution in [3.63, 3.8) is 0 Å². The number of nitrogens with zero attached hydrogens (tertiary/aromatic N) is 4. The Labute approximate surface area is 203 Å². The van der Waals surface area contributed by atoms with Crippen LogP contribution in [0.1, 0.15) is 61.9 Å². The predicted molar refractivity (Wildman–Crippen MR) is 136 cm³/mol. The van der Waals surface area contributed by atoms with E-state index in [1.807, 2.05) is 24.5 Å². The van der Waals surface area contributed by atoms with E-state index in [0.29, 0.717) is 5.17 Å². The Balaban J connectivity index is 1.37. The third-order valence-corrected chi connectivity index (χ3v) is 7.81. The largest absolute Gasteiger partial charge is 0.318 e. The second-order valence-corrected chi connectivity index (χ2v) is 10.2. The van der Waals surface area contributed by atoms with Gasteiger partial charge in [0.1, 0.15) is 10.9 Å². The summed E-state index contributed by atoms with van der Waals surface area (Å²) in [7, 11) is 0. The molecule has 2 aliphatic heterocycles. The van der Waals surface area contributed by atoms with Gasteiger partial charge in [-0.3, -0.25) is 10.2 Å². The lowest BCUT2D eigenvalue weighted by atomic mass is 9.86. The molecule has 34 heavy (non-hydrogen) atoms. The minimum absolute atomic E-state index is 0.0572. The number of nitrogens with one attached hydrogen (secondary N) is 1. The van der Waals surface area contributed by atoms with Crippen molar-refractivity contribution in [1.82, 2.24) is 9.58 Å². The zero-order chi connectivity index (χ0) is 23.8. The van der Waals surface area contributed by atoms with E-state index in [0.717, 1.165) is 46.4 Å². The number of aromatic nitrogens is 1. The highest BCUT2D eigenvalue weighted by molar-refractivity contribution is 8.26. The molecule has 1 N–H and O–H groups in total. The summed E-state index contributed by atoms with van der Waals surface area (Å²) in [5, 5.41) is 16.2. The van der Waals surface area contributed by atoms with Gasteiger partial charge in [-0.2, -0.15) is 15.1 Å². The first-order valence-corrected chi connectivity index (χ1v) is 12.7. The Morgan fingerprint density at radius 2 is 1.91 bits per heavy atom. The molecule has 0 atom stereocenters. The van der Waals surface area contributed by atoms with Gasteiger partial charge < -0.3 is 4.57 Å². The van der Waals surface area contributed by atoms with Crippen molar-refractivity contribution in [2.24, 2.45) is 16.0 Å². The molecule has 5 rings (SSSR count). The molecule has 1 saturated carbocycles. The van der Waals surface area contributed by atoms with Crippen LogP contribution in [-0.2, 0) is 4.79 Å². The van der Waals surface area contributed by atoms with Crippen molar-refractivity contribution in [2.45, 2.75) is 58.8 Å². The molecule has 0 radical (unpaired) electrons. The van der Waals surface area contributed by atoms with Crippen molar-refractivity contribution >= 4 is 39.8 Å². The number of amides is 1. The molecule has 0 spiro atoms. The lowest BCUT2D eigenvalue weighted by molar-refractivity contribution is -0.114. The SMILES string of the molecule is Cc1cc(C=C2C(=N)N3N=C(CCC4CCCCC4)SC3=NC2=O)c(C)n1-c1ccc(F)cc1. The van der Waals surface area contributed by atoms with Gasteiger partial charge in [-0.25, -0.2) is 4.39 Å². The number of amidine groups is 2. The third-order valence-electron chi connectivity index (χ3n) is 6.84. The lowest BCUT2D eigenvalue weighted by Crippen LogP contribution is -2.35. The van der Waals surface area contributed by atoms with Crippen molar-refractivity contribution in [3.8, 4) is 5.69 Å². The Bertz CT molecular complexity index is 1230. The lowest BCUT2D eigenvalue weighted by Gasteiger charge is -2.20. The summed E-state index contributed by atoms with van der Waals surface area (Å²) < 4.78 is 15.4. The number of fused-ring (bicyclic) bond motifs is 1. The molecule has 3 aliphatic rings. The monoisotopic (exact) mass is 477 g/mol. The summed E-state index contributed by atoms with van der Waals surface area (Å²) in [6, 6.07) is 8.27. The fourth-order valence-corrected chi connectivity index (χ4v) is 5.91. The molecule has 1 aromatic carbocycles. The number of halogens is 1. The number of hydrogen-bond donors (Lipinski definition) is 1. The molecule has 1 aliphatic carbocycles. The average molecular weight is 478 g/mol. The van der Waals surface area contributed by atoms with Crippen molar-refractivity contribution in [1.29, 1.82) is 5.41 Å². The minimum Gasteiger partial charge on any atom is -0.318 e. The molecule has 176 valence electrons. The van der Waals surface area contributed by atoms with Crippen molar-refractivity contribution in [3.05, 3.63) is 58.7 Å². The van der Waals surface area contributed by atoms with Gasteiger partial charge in [0.05, 0.1) is 5.57 Å². The zero-order valence-corrected chi connectivity index (χ0v) is 20.3. The summed E-state index contributed by atoms with van der Waals surface area (Å²) in [5.41, 5.74) is 3.74. The van der Waals surface area contributed by atoms with Gasteiger partial charge in [0.2, 0.25) is 5.17 Å². The Morgan fingerprint density at radius 3 is 2.65 bits per heavy atom. The first-order chi connectivity index (χ1) is 16.4. The molecular formula is C26H28FN5OS. The van der Waals surface area contributed by atoms with Gasteiger partial charge in [-0.05, 0) is 86.3 Å². The average Bonchev–Trinajstić information content (AvgIpc) is 3.36. The molecule has 2 aromatic rings. The first-order valence-electron chi connectivity index (χ1n) is 11.8. The number of rotatable bonds is 5. The van der Waals surface area contributed by atoms with Gasteiger partial charge in [0, 0.05) is 17.1 Å². The molecule has 8 heteroatoms. The molecule has 1 amide bonds. The second-order valence-electron chi connectivity index (χ2n) is 9.19. The second kappa shape index (κ2) is 9.33. The maximum Gasteiger partial charge on any atom is 0.283 e. The summed E-state index contributed by atoms with van der Waals surface area (Å²) >= 11 is 1.41. The van der Waals surface area contributed by atoms with Gasteiger partial charge >= 0.3 is 0 Å². The molecule has 6 nitrogen and oxygen atoms in total. The van der Waals surface area contributed by atoms with Crippen LogP contribution in [0.3, 0.4) is 0 Å². The number of benzene rings is 1. The Morgan fingerprint density at radius 1 is 1.18 bits per heavy atom. The van der Waals surface area contributed by atoms with E-state index < -0.39 is 5.91 Å². The number of thioether (sulfide) groups is 1. The molecule has 0 bridgehead atoms. The van der Waals surface area contributed by atoms with Crippen LogP contribution in [0.15, 0.2) is 46.0 Å². The first kappa shape index (κ1) is 22.8. The highest BCUT2D eigenvalue weighted by atomic mass is 32.2. The van der Waals surface area contributed by atoms with Crippen LogP contribution in [0.25, 0.3) is 11.8 Å². The van der Waals surface area contributed by atoms with Crippen LogP contribution < -0.4 is 0 Å². The van der Waals surface area contributed by atoms with Gasteiger partial charge in [-0.15, -0.1) is 0 Å². The number of aliphatic imine (C=N–C) groups is 1. The molecule has 1 fully saturated rings. The highest BCUT2D eigenvalue weighted by Gasteiger charge is 2.35. The summed E-state index contributed by atoms with van der Waals surface area (Å²) in [5.74, 6) is 0.107. The van der Waals surface area contributed by atoms with E-state index in [4.69, 9.17) is 5.41 Å². The van der Waals surface area contributed by atoms with E-state index in [-0.39, 0.29) is 17.2 Å². The van der Waals surface area contributed by atoms with Gasteiger partial charge in [0.15, 0.2) is 5.84 Å². The third kappa shape index (κ3) is 4.39. The molecule has 3 heterocycles. The normalized spacial score (nSPS) is 20.1. The van der Waals surface area contributed by atoms with Gasteiger partial charge in [-0.1, -0.05) is 32.1 Å². The van der Waals surface area contributed by atoms with E-state index >= 15 is 0 Å². The number of hydrogen-bond acceptors (Lipinski definition) is 4. The van der Waals surface area contributed by atoms with E-state index in [1.165, 1.54) is 61.0 Å². The standard InChI is InChI=1S/C26H28FN5OS/c1-16-14-19(17(2)31(16)21-11-9-20(27)10-12-21)15-22-24(28)32-26(29-25(22)33)34-23(30-32)13-8-18-6-4-3-5-7-18/h9-12,14-15,18,28H,3-8,13H2,1-2H3. The molecular weight excluding hydrogens is 449 g/mol. The van der Waals surface area contributed by atoms with Crippen molar-refractivity contribution in [2.75, 3.05) is 0 Å². The van der Waals surface area contributed by atoms with E-state index in [2.05, 4.69) is 10.1 Å². The van der Waals surface area contributed by atoms with E-state index in [1.54, 1.807) is 18.2 Å². The number of hydrazone groups is 1. The zero-order valence-electron chi connectivity index (χ0n) is 19.5. The smallest absolute Gasteiger partial charge is 0.283 e. The summed E-state index contributed by atoms with van der Waals surface area (Å²) in [6.07, 6.45) is 10.2. The highest BCUT2D eigenvalue weighted by Crippen LogP contribution is 2.33. The van der Waals surface area contributed by atoms with Crippen LogP contribution in [0.4, 0.5) is 4.39 Å². The fourth-order valence-electron chi connectivity index (χ4n) is 5.01. The number of carbonyl (C=O) groups excluding carboxylic acids is 1. The van der Waals surface area contributed by atoms with Crippen LogP contribution in [0.2, 0.25) is 0 Å². The van der Waals surface area contributed by atoms with Crippen LogP contribution in [-0.4, -0.2) is 31.5 Å². The van der Waals surface area contributed by atoms with E-state index in [9.17, 15) is 9.18 Å². The van der Waals surface area contributed by atoms with Crippen LogP contribution in [0.5, 0.6) is 0 Å². The predicted octanol–water partition coefficient (Wildman–Crippen LogP) is 6.21. The number of aryl methyl sites for hydroxylation is 1. The van der Waals surface area contributed by atoms with Gasteiger partial charge in [0.25, 0.3) is 5.91 Å².